The molecule has 0 aliphatic heterocycles. The van der Waals surface area contributed by atoms with Gasteiger partial charge in [-0.05, 0) is 62.1 Å². The standard InChI is InChI=1S/C36H51N2O3.BrH/c1-25(2)17-20-37-32-15-11-12-16-33(32)38(36(37)28(7)39-8)24-29-23-34(40-21-18-26(3)4)30-13-9-10-14-31(30)35(29)41-22-19-27(5)6;/h9-16,23,25-28H,17-22,24H2,1-8H3;1H/q+1;/p-1. The van der Waals surface area contributed by atoms with Gasteiger partial charge in [-0.3, -0.25) is 0 Å². The van der Waals surface area contributed by atoms with E-state index in [9.17, 15) is 0 Å². The second-order valence-electron chi connectivity index (χ2n) is 12.6. The third kappa shape index (κ3) is 8.08. The summed E-state index contributed by atoms with van der Waals surface area (Å²) in [5.74, 6) is 4.84. The van der Waals surface area contributed by atoms with Crippen molar-refractivity contribution in [2.75, 3.05) is 20.3 Å². The first-order chi connectivity index (χ1) is 19.7. The minimum atomic E-state index is -0.0675. The van der Waals surface area contributed by atoms with Gasteiger partial charge < -0.3 is 31.2 Å². The van der Waals surface area contributed by atoms with E-state index in [1.165, 1.54) is 16.9 Å². The fourth-order valence-corrected chi connectivity index (χ4v) is 5.40. The second-order valence-corrected chi connectivity index (χ2v) is 12.6. The van der Waals surface area contributed by atoms with Crippen LogP contribution < -0.4 is 31.0 Å². The molecule has 0 N–H and O–H groups in total. The number of imidazole rings is 1. The zero-order valence-electron chi connectivity index (χ0n) is 27.0. The molecular formula is C36H51BrN2O3. The molecule has 42 heavy (non-hydrogen) atoms. The van der Waals surface area contributed by atoms with Gasteiger partial charge in [0.05, 0.1) is 19.8 Å². The van der Waals surface area contributed by atoms with Gasteiger partial charge in [0.15, 0.2) is 17.1 Å². The zero-order valence-corrected chi connectivity index (χ0v) is 28.5. The molecule has 0 aliphatic rings. The molecular weight excluding hydrogens is 588 g/mol. The summed E-state index contributed by atoms with van der Waals surface area (Å²) in [6.07, 6.45) is 3.06. The molecule has 0 aliphatic carbocycles. The van der Waals surface area contributed by atoms with Gasteiger partial charge in [0.1, 0.15) is 18.0 Å². The molecule has 0 saturated heterocycles. The van der Waals surface area contributed by atoms with E-state index in [2.05, 4.69) is 112 Å². The Morgan fingerprint density at radius 2 is 1.33 bits per heavy atom. The number of benzene rings is 3. The summed E-state index contributed by atoms with van der Waals surface area (Å²) in [4.78, 5) is 0. The Morgan fingerprint density at radius 1 is 0.738 bits per heavy atom. The normalized spacial score (nSPS) is 12.5. The average Bonchev–Trinajstić information content (AvgIpc) is 3.25. The van der Waals surface area contributed by atoms with Crippen LogP contribution in [-0.2, 0) is 17.8 Å². The topological polar surface area (TPSA) is 36.5 Å². The van der Waals surface area contributed by atoms with E-state index in [0.717, 1.165) is 53.6 Å². The number of aryl methyl sites for hydroxylation is 1. The lowest BCUT2D eigenvalue weighted by atomic mass is 10.0. The minimum Gasteiger partial charge on any atom is -1.00 e. The number of hydrogen-bond donors (Lipinski definition) is 0. The maximum Gasteiger partial charge on any atom is 0.287 e. The fraction of sp³-hybridized carbons (Fsp3) is 0.528. The summed E-state index contributed by atoms with van der Waals surface area (Å²) in [7, 11) is 1.80. The Morgan fingerprint density at radius 3 is 1.98 bits per heavy atom. The van der Waals surface area contributed by atoms with E-state index in [1.807, 2.05) is 0 Å². The van der Waals surface area contributed by atoms with Crippen molar-refractivity contribution in [3.8, 4) is 11.5 Å². The van der Waals surface area contributed by atoms with Crippen LogP contribution in [0.2, 0.25) is 0 Å². The van der Waals surface area contributed by atoms with Crippen molar-refractivity contribution in [1.29, 1.82) is 0 Å². The van der Waals surface area contributed by atoms with Crippen LogP contribution in [0.3, 0.4) is 0 Å². The van der Waals surface area contributed by atoms with Crippen LogP contribution in [0.5, 0.6) is 11.5 Å². The number of ether oxygens (including phenoxy) is 3. The van der Waals surface area contributed by atoms with Gasteiger partial charge >= 0.3 is 0 Å². The minimum absolute atomic E-state index is 0. The van der Waals surface area contributed by atoms with E-state index in [-0.39, 0.29) is 23.1 Å². The number of halogens is 1. The SMILES string of the molecule is COC(C)c1n(CCC(C)C)c2ccccc2[n+]1Cc1cc(OCCC(C)C)c2ccccc2c1OCCC(C)C.[Br-]. The van der Waals surface area contributed by atoms with Crippen LogP contribution in [0.4, 0.5) is 0 Å². The molecule has 3 aromatic carbocycles. The highest BCUT2D eigenvalue weighted by Crippen LogP contribution is 2.38. The number of nitrogens with zero attached hydrogens (tertiary/aromatic N) is 2. The molecule has 0 amide bonds. The lowest BCUT2D eigenvalue weighted by molar-refractivity contribution is -0.675. The highest BCUT2D eigenvalue weighted by atomic mass is 79.9. The van der Waals surface area contributed by atoms with E-state index >= 15 is 0 Å². The molecule has 5 nitrogen and oxygen atoms in total. The van der Waals surface area contributed by atoms with Gasteiger partial charge in [-0.1, -0.05) is 77.9 Å². The second kappa shape index (κ2) is 15.8. The summed E-state index contributed by atoms with van der Waals surface area (Å²) < 4.78 is 24.0. The van der Waals surface area contributed by atoms with Crippen LogP contribution in [0.1, 0.15) is 85.2 Å². The molecule has 0 spiro atoms. The summed E-state index contributed by atoms with van der Waals surface area (Å²) >= 11 is 0. The first-order valence-corrected chi connectivity index (χ1v) is 15.5. The molecule has 0 bridgehead atoms. The summed E-state index contributed by atoms with van der Waals surface area (Å²) in [6.45, 7) is 18.7. The molecule has 0 saturated carbocycles. The van der Waals surface area contributed by atoms with Gasteiger partial charge in [-0.15, -0.1) is 0 Å². The predicted octanol–water partition coefficient (Wildman–Crippen LogP) is 5.74. The maximum atomic E-state index is 6.65. The lowest BCUT2D eigenvalue weighted by Crippen LogP contribution is -3.00. The quantitative estimate of drug-likeness (QED) is 0.156. The van der Waals surface area contributed by atoms with E-state index < -0.39 is 0 Å². The Bertz CT molecular complexity index is 1430. The number of rotatable bonds is 15. The maximum absolute atomic E-state index is 6.65. The van der Waals surface area contributed by atoms with Crippen molar-refractivity contribution < 1.29 is 35.8 Å². The lowest BCUT2D eigenvalue weighted by Gasteiger charge is -2.19. The highest BCUT2D eigenvalue weighted by Gasteiger charge is 2.30. The van der Waals surface area contributed by atoms with Crippen molar-refractivity contribution in [1.82, 2.24) is 4.57 Å². The Labute approximate surface area is 263 Å². The molecule has 1 heterocycles. The van der Waals surface area contributed by atoms with Crippen molar-refractivity contribution in [3.63, 3.8) is 0 Å². The number of fused-ring (bicyclic) bond motifs is 2. The van der Waals surface area contributed by atoms with Gasteiger partial charge in [0.25, 0.3) is 5.82 Å². The Kier molecular flexibility index (Phi) is 12.7. The molecule has 0 fully saturated rings. The molecule has 6 heteroatoms. The Balaban J connectivity index is 0.00000484. The number of aromatic nitrogens is 2. The van der Waals surface area contributed by atoms with Crippen molar-refractivity contribution >= 4 is 21.8 Å². The van der Waals surface area contributed by atoms with E-state index in [4.69, 9.17) is 14.2 Å². The molecule has 0 radical (unpaired) electrons. The third-order valence-electron chi connectivity index (χ3n) is 7.92. The monoisotopic (exact) mass is 638 g/mol. The van der Waals surface area contributed by atoms with Crippen LogP contribution >= 0.6 is 0 Å². The average molecular weight is 640 g/mol. The predicted molar refractivity (Wildman–Crippen MR) is 170 cm³/mol. The van der Waals surface area contributed by atoms with E-state index in [0.29, 0.717) is 37.5 Å². The van der Waals surface area contributed by atoms with Gasteiger partial charge in [0, 0.05) is 23.4 Å². The fourth-order valence-electron chi connectivity index (χ4n) is 5.40. The largest absolute Gasteiger partial charge is 1.00 e. The molecule has 4 rings (SSSR count). The van der Waals surface area contributed by atoms with Crippen LogP contribution in [0.25, 0.3) is 21.8 Å². The third-order valence-corrected chi connectivity index (χ3v) is 7.92. The summed E-state index contributed by atoms with van der Waals surface area (Å²) in [5.41, 5.74) is 3.58. The van der Waals surface area contributed by atoms with Crippen molar-refractivity contribution in [2.45, 2.75) is 86.9 Å². The summed E-state index contributed by atoms with van der Waals surface area (Å²) in [6, 6.07) is 19.5. The first-order valence-electron chi connectivity index (χ1n) is 15.5. The number of methoxy groups -OCH3 is 1. The van der Waals surface area contributed by atoms with Crippen LogP contribution in [0, 0.1) is 17.8 Å². The highest BCUT2D eigenvalue weighted by molar-refractivity contribution is 5.94. The summed E-state index contributed by atoms with van der Waals surface area (Å²) in [5, 5.41) is 2.22. The van der Waals surface area contributed by atoms with Crippen molar-refractivity contribution in [2.24, 2.45) is 17.8 Å². The molecule has 1 aromatic heterocycles. The van der Waals surface area contributed by atoms with Gasteiger partial charge in [-0.25, -0.2) is 9.13 Å². The smallest absolute Gasteiger partial charge is 0.287 e. The van der Waals surface area contributed by atoms with Crippen molar-refractivity contribution in [3.05, 3.63) is 66.0 Å². The van der Waals surface area contributed by atoms with Crippen LogP contribution in [0.15, 0.2) is 54.6 Å². The van der Waals surface area contributed by atoms with Crippen LogP contribution in [-0.4, -0.2) is 24.9 Å². The molecule has 4 aromatic rings. The number of para-hydroxylation sites is 2. The van der Waals surface area contributed by atoms with Gasteiger partial charge in [0.2, 0.25) is 0 Å². The molecule has 1 unspecified atom stereocenters. The Hall–Kier alpha value is -2.57. The van der Waals surface area contributed by atoms with Gasteiger partial charge in [-0.2, -0.15) is 0 Å². The molecule has 1 atom stereocenters. The van der Waals surface area contributed by atoms with E-state index in [1.54, 1.807) is 7.11 Å². The first kappa shape index (κ1) is 33.9. The number of hydrogen-bond acceptors (Lipinski definition) is 3. The molecule has 230 valence electrons. The zero-order chi connectivity index (χ0) is 29.5.